The van der Waals surface area contributed by atoms with E-state index in [0.717, 1.165) is 5.75 Å². The van der Waals surface area contributed by atoms with E-state index >= 15 is 0 Å². The number of sulfonamides is 1. The molecular weight excluding hydrogens is 364 g/mol. The van der Waals surface area contributed by atoms with Gasteiger partial charge in [0.1, 0.15) is 5.75 Å². The van der Waals surface area contributed by atoms with Gasteiger partial charge in [0.25, 0.3) is 0 Å². The number of benzene rings is 2. The minimum Gasteiger partial charge on any atom is -0.494 e. The van der Waals surface area contributed by atoms with Gasteiger partial charge in [-0.2, -0.15) is 0 Å². The van der Waals surface area contributed by atoms with E-state index in [1.165, 1.54) is 35.4 Å². The van der Waals surface area contributed by atoms with E-state index in [4.69, 9.17) is 9.88 Å². The maximum Gasteiger partial charge on any atom is 0.238 e. The monoisotopic (exact) mass is 390 g/mol. The molecule has 0 aliphatic heterocycles. The highest BCUT2D eigenvalue weighted by molar-refractivity contribution is 7.89. The second kappa shape index (κ2) is 9.01. The second-order valence-electron chi connectivity index (χ2n) is 6.74. The van der Waals surface area contributed by atoms with Crippen molar-refractivity contribution >= 4 is 21.6 Å². The Morgan fingerprint density at radius 2 is 1.81 bits per heavy atom. The maximum absolute atomic E-state index is 12.0. The second-order valence-corrected chi connectivity index (χ2v) is 8.30. The average Bonchev–Trinajstić information content (AvgIpc) is 2.58. The van der Waals surface area contributed by atoms with Crippen molar-refractivity contribution in [2.24, 2.45) is 5.14 Å². The summed E-state index contributed by atoms with van der Waals surface area (Å²) in [5.74, 6) is 1.12. The molecule has 0 spiro atoms. The zero-order valence-electron chi connectivity index (χ0n) is 15.9. The fourth-order valence-corrected chi connectivity index (χ4v) is 3.28. The van der Waals surface area contributed by atoms with Crippen molar-refractivity contribution in [3.05, 3.63) is 53.6 Å². The molecule has 7 heteroatoms. The van der Waals surface area contributed by atoms with Gasteiger partial charge in [-0.25, -0.2) is 13.6 Å². The van der Waals surface area contributed by atoms with Crippen LogP contribution in [0.25, 0.3) is 0 Å². The van der Waals surface area contributed by atoms with Crippen molar-refractivity contribution in [2.75, 3.05) is 11.9 Å². The Hall–Kier alpha value is -2.38. The molecule has 0 unspecified atom stereocenters. The van der Waals surface area contributed by atoms with Crippen molar-refractivity contribution in [3.8, 4) is 5.75 Å². The number of rotatable bonds is 8. The molecular formula is C20H26N2O4S. The lowest BCUT2D eigenvalue weighted by Crippen LogP contribution is -2.14. The molecule has 3 N–H and O–H groups in total. The fourth-order valence-electron chi connectivity index (χ4n) is 2.76. The summed E-state index contributed by atoms with van der Waals surface area (Å²) in [6, 6.07) is 11.8. The summed E-state index contributed by atoms with van der Waals surface area (Å²) in [6.45, 7) is 6.82. The predicted octanol–water partition coefficient (Wildman–Crippen LogP) is 3.56. The van der Waals surface area contributed by atoms with Crippen molar-refractivity contribution in [1.29, 1.82) is 0 Å². The molecule has 0 saturated carbocycles. The number of carbonyl (C=O) groups excluding carboxylic acids is 1. The summed E-state index contributed by atoms with van der Waals surface area (Å²) < 4.78 is 28.1. The topological polar surface area (TPSA) is 98.5 Å². The van der Waals surface area contributed by atoms with E-state index in [0.29, 0.717) is 31.1 Å². The van der Waals surface area contributed by atoms with E-state index in [9.17, 15) is 13.2 Å². The van der Waals surface area contributed by atoms with Crippen LogP contribution in [0.5, 0.6) is 5.75 Å². The highest BCUT2D eigenvalue weighted by Gasteiger charge is 2.08. The van der Waals surface area contributed by atoms with E-state index in [2.05, 4.69) is 32.2 Å². The predicted molar refractivity (Wildman–Crippen MR) is 106 cm³/mol. The summed E-state index contributed by atoms with van der Waals surface area (Å²) in [7, 11) is -3.73. The van der Waals surface area contributed by atoms with Gasteiger partial charge in [-0.1, -0.05) is 19.9 Å². The lowest BCUT2D eigenvalue weighted by molar-refractivity contribution is -0.116. The normalized spacial score (nSPS) is 11.4. The van der Waals surface area contributed by atoms with Crippen LogP contribution < -0.4 is 15.2 Å². The standard InChI is InChI=1S/C20H26N2O4S/c1-14(2)19-11-8-17(13-15(19)3)26-12-4-5-20(23)22-16-6-9-18(10-7-16)27(21,24)25/h6-11,13-14H,4-5,12H2,1-3H3,(H,22,23)(H2,21,24,25). The van der Waals surface area contributed by atoms with Gasteiger partial charge < -0.3 is 10.1 Å². The first kappa shape index (κ1) is 20.9. The third-order valence-corrected chi connectivity index (χ3v) is 5.08. The van der Waals surface area contributed by atoms with Gasteiger partial charge in [0.15, 0.2) is 0 Å². The molecule has 2 rings (SSSR count). The molecule has 2 aromatic carbocycles. The van der Waals surface area contributed by atoms with Crippen LogP contribution in [-0.4, -0.2) is 20.9 Å². The molecule has 0 radical (unpaired) electrons. The van der Waals surface area contributed by atoms with Gasteiger partial charge in [0, 0.05) is 12.1 Å². The highest BCUT2D eigenvalue weighted by Crippen LogP contribution is 2.23. The lowest BCUT2D eigenvalue weighted by atomic mass is 9.98. The highest BCUT2D eigenvalue weighted by atomic mass is 32.2. The zero-order chi connectivity index (χ0) is 20.0. The van der Waals surface area contributed by atoms with Crippen LogP contribution in [0.1, 0.15) is 43.7 Å². The minimum atomic E-state index is -3.73. The van der Waals surface area contributed by atoms with Crippen LogP contribution in [0.15, 0.2) is 47.4 Å². The minimum absolute atomic E-state index is 0.00711. The van der Waals surface area contributed by atoms with Crippen LogP contribution in [0.2, 0.25) is 0 Å². The van der Waals surface area contributed by atoms with E-state index in [-0.39, 0.29) is 10.8 Å². The van der Waals surface area contributed by atoms with E-state index in [1.807, 2.05) is 12.1 Å². The van der Waals surface area contributed by atoms with Crippen molar-refractivity contribution in [1.82, 2.24) is 0 Å². The van der Waals surface area contributed by atoms with E-state index in [1.54, 1.807) is 0 Å². The van der Waals surface area contributed by atoms with Crippen molar-refractivity contribution in [3.63, 3.8) is 0 Å². The molecule has 6 nitrogen and oxygen atoms in total. The molecule has 0 aliphatic carbocycles. The van der Waals surface area contributed by atoms with Gasteiger partial charge >= 0.3 is 0 Å². The van der Waals surface area contributed by atoms with Gasteiger partial charge in [0.2, 0.25) is 15.9 Å². The lowest BCUT2D eigenvalue weighted by Gasteiger charge is -2.12. The molecule has 0 fully saturated rings. The van der Waals surface area contributed by atoms with Crippen LogP contribution in [0, 0.1) is 6.92 Å². The SMILES string of the molecule is Cc1cc(OCCCC(=O)Nc2ccc(S(N)(=O)=O)cc2)ccc1C(C)C. The van der Waals surface area contributed by atoms with Gasteiger partial charge in [0.05, 0.1) is 11.5 Å². The molecule has 27 heavy (non-hydrogen) atoms. The smallest absolute Gasteiger partial charge is 0.238 e. The number of carbonyl (C=O) groups is 1. The van der Waals surface area contributed by atoms with Gasteiger partial charge in [-0.05, 0) is 66.8 Å². The molecule has 0 heterocycles. The first-order valence-corrected chi connectivity index (χ1v) is 10.4. The molecule has 146 valence electrons. The third-order valence-electron chi connectivity index (χ3n) is 4.15. The molecule has 0 aromatic heterocycles. The molecule has 2 aromatic rings. The van der Waals surface area contributed by atoms with Gasteiger partial charge in [-0.3, -0.25) is 4.79 Å². The quantitative estimate of drug-likeness (QED) is 0.673. The Bertz CT molecular complexity index is 891. The molecule has 0 bridgehead atoms. The number of primary sulfonamides is 1. The maximum atomic E-state index is 12.0. The largest absolute Gasteiger partial charge is 0.494 e. The van der Waals surface area contributed by atoms with Crippen LogP contribution >= 0.6 is 0 Å². The number of nitrogens with two attached hydrogens (primary N) is 1. The molecule has 1 amide bonds. The Labute approximate surface area is 160 Å². The average molecular weight is 391 g/mol. The van der Waals surface area contributed by atoms with E-state index < -0.39 is 10.0 Å². The Morgan fingerprint density at radius 3 is 2.37 bits per heavy atom. The first-order chi connectivity index (χ1) is 12.7. The number of hydrogen-bond acceptors (Lipinski definition) is 4. The summed E-state index contributed by atoms with van der Waals surface area (Å²) >= 11 is 0. The summed E-state index contributed by atoms with van der Waals surface area (Å²) in [4.78, 5) is 12.0. The molecule has 0 aliphatic rings. The number of aryl methyl sites for hydroxylation is 1. The Kier molecular flexibility index (Phi) is 6.98. The Balaban J connectivity index is 1.77. The summed E-state index contributed by atoms with van der Waals surface area (Å²) in [5, 5.41) is 7.76. The Morgan fingerprint density at radius 1 is 1.15 bits per heavy atom. The number of ether oxygens (including phenoxy) is 1. The summed E-state index contributed by atoms with van der Waals surface area (Å²) in [6.07, 6.45) is 0.881. The van der Waals surface area contributed by atoms with Gasteiger partial charge in [-0.15, -0.1) is 0 Å². The van der Waals surface area contributed by atoms with Crippen LogP contribution in [0.4, 0.5) is 5.69 Å². The van der Waals surface area contributed by atoms with Crippen LogP contribution in [0.3, 0.4) is 0 Å². The third kappa shape index (κ3) is 6.37. The summed E-state index contributed by atoms with van der Waals surface area (Å²) in [5.41, 5.74) is 3.02. The first-order valence-electron chi connectivity index (χ1n) is 8.83. The fraction of sp³-hybridized carbons (Fsp3) is 0.350. The zero-order valence-corrected chi connectivity index (χ0v) is 16.7. The number of amides is 1. The number of anilines is 1. The molecule has 0 atom stereocenters. The number of nitrogens with one attached hydrogen (secondary N) is 1. The van der Waals surface area contributed by atoms with Crippen molar-refractivity contribution in [2.45, 2.75) is 44.4 Å². The number of hydrogen-bond donors (Lipinski definition) is 2. The van der Waals surface area contributed by atoms with Crippen LogP contribution in [-0.2, 0) is 14.8 Å². The molecule has 0 saturated heterocycles. The van der Waals surface area contributed by atoms with Crippen molar-refractivity contribution < 1.29 is 17.9 Å².